The van der Waals surface area contributed by atoms with Gasteiger partial charge in [0.15, 0.2) is 10.9 Å². The van der Waals surface area contributed by atoms with E-state index in [1.807, 2.05) is 61.5 Å². The average molecular weight is 447 g/mol. The summed E-state index contributed by atoms with van der Waals surface area (Å²) >= 11 is 2.98. The number of benzene rings is 2. The molecule has 0 atom stereocenters. The van der Waals surface area contributed by atoms with Crippen LogP contribution in [0.5, 0.6) is 0 Å². The zero-order valence-electron chi connectivity index (χ0n) is 17.3. The molecule has 2 aromatic carbocycles. The van der Waals surface area contributed by atoms with E-state index in [4.69, 9.17) is 4.98 Å². The van der Waals surface area contributed by atoms with Crippen LogP contribution in [0.2, 0.25) is 0 Å². The topological polar surface area (TPSA) is 52.0 Å². The minimum atomic E-state index is -0.0235. The fraction of sp³-hybridized carbons (Fsp3) is 0.240. The maximum atomic E-state index is 13.7. The van der Waals surface area contributed by atoms with E-state index in [9.17, 15) is 9.59 Å². The number of aryl methyl sites for hydroxylation is 3. The third-order valence-corrected chi connectivity index (χ3v) is 7.77. The molecule has 0 spiro atoms. The number of ketones is 1. The smallest absolute Gasteiger partial charge is 0.267 e. The third-order valence-electron chi connectivity index (χ3n) is 5.65. The Morgan fingerprint density at radius 2 is 1.90 bits per heavy atom. The molecule has 0 amide bonds. The van der Waals surface area contributed by atoms with Gasteiger partial charge in [0.25, 0.3) is 5.56 Å². The number of thioether (sulfide) groups is 1. The highest BCUT2D eigenvalue weighted by Gasteiger charge is 2.23. The van der Waals surface area contributed by atoms with Crippen molar-refractivity contribution >= 4 is 39.1 Å². The molecule has 156 valence electrons. The van der Waals surface area contributed by atoms with Gasteiger partial charge in [-0.25, -0.2) is 4.98 Å². The molecule has 2 heterocycles. The molecule has 5 rings (SSSR count). The van der Waals surface area contributed by atoms with E-state index >= 15 is 0 Å². The number of hydrogen-bond acceptors (Lipinski definition) is 5. The van der Waals surface area contributed by atoms with E-state index in [2.05, 4.69) is 0 Å². The number of aromatic nitrogens is 2. The van der Waals surface area contributed by atoms with Crippen molar-refractivity contribution in [3.63, 3.8) is 0 Å². The van der Waals surface area contributed by atoms with Gasteiger partial charge in [-0.3, -0.25) is 14.2 Å². The second kappa shape index (κ2) is 8.44. The number of fused-ring (bicyclic) bond motifs is 3. The predicted octanol–water partition coefficient (Wildman–Crippen LogP) is 5.61. The minimum Gasteiger partial charge on any atom is -0.293 e. The number of rotatable bonds is 5. The molecule has 4 nitrogen and oxygen atoms in total. The van der Waals surface area contributed by atoms with E-state index in [-0.39, 0.29) is 17.1 Å². The number of Topliss-reactive ketones (excluding diaryl/α,β-unsaturated/α-hetero) is 1. The van der Waals surface area contributed by atoms with Crippen LogP contribution < -0.4 is 5.56 Å². The molecule has 0 bridgehead atoms. The van der Waals surface area contributed by atoms with Crippen molar-refractivity contribution in [3.05, 3.63) is 86.5 Å². The van der Waals surface area contributed by atoms with Crippen molar-refractivity contribution in [2.75, 3.05) is 5.75 Å². The summed E-state index contributed by atoms with van der Waals surface area (Å²) in [5.41, 5.74) is 3.71. The molecular formula is C25H22N2O2S2. The Bertz CT molecular complexity index is 1340. The van der Waals surface area contributed by atoms with Crippen LogP contribution in [-0.2, 0) is 12.8 Å². The maximum absolute atomic E-state index is 13.7. The van der Waals surface area contributed by atoms with Crippen LogP contribution in [0.15, 0.2) is 64.5 Å². The second-order valence-electron chi connectivity index (χ2n) is 7.84. The Balaban J connectivity index is 1.63. The number of hydrogen-bond donors (Lipinski definition) is 0. The molecule has 0 aliphatic heterocycles. The monoisotopic (exact) mass is 446 g/mol. The SMILES string of the molecule is Cc1cccc(-n2c(SCC(=O)c3ccccc3)nc3sc4c(c3c2=O)CCCC4)c1. The van der Waals surface area contributed by atoms with Gasteiger partial charge >= 0.3 is 0 Å². The van der Waals surface area contributed by atoms with Crippen LogP contribution in [-0.4, -0.2) is 21.1 Å². The Hall–Kier alpha value is -2.70. The quantitative estimate of drug-likeness (QED) is 0.227. The van der Waals surface area contributed by atoms with E-state index in [1.165, 1.54) is 28.6 Å². The van der Waals surface area contributed by atoms with Gasteiger partial charge in [-0.15, -0.1) is 11.3 Å². The fourth-order valence-corrected chi connectivity index (χ4v) is 6.33. The van der Waals surface area contributed by atoms with Crippen molar-refractivity contribution < 1.29 is 4.79 Å². The first kappa shape index (κ1) is 20.2. The first-order valence-corrected chi connectivity index (χ1v) is 12.3. The molecular weight excluding hydrogens is 424 g/mol. The molecule has 0 unspecified atom stereocenters. The molecule has 2 aromatic heterocycles. The van der Waals surface area contributed by atoms with Crippen molar-refractivity contribution in [2.24, 2.45) is 0 Å². The van der Waals surface area contributed by atoms with Crippen LogP contribution in [0, 0.1) is 6.92 Å². The molecule has 0 saturated carbocycles. The number of thiophene rings is 1. The van der Waals surface area contributed by atoms with Crippen LogP contribution in [0.1, 0.15) is 39.2 Å². The molecule has 31 heavy (non-hydrogen) atoms. The number of carbonyl (C=O) groups excluding carboxylic acids is 1. The van der Waals surface area contributed by atoms with Gasteiger partial charge < -0.3 is 0 Å². The lowest BCUT2D eigenvalue weighted by Gasteiger charge is -2.14. The predicted molar refractivity (Wildman–Crippen MR) is 128 cm³/mol. The van der Waals surface area contributed by atoms with Crippen LogP contribution in [0.4, 0.5) is 0 Å². The summed E-state index contributed by atoms with van der Waals surface area (Å²) in [7, 11) is 0. The van der Waals surface area contributed by atoms with Gasteiger partial charge in [0.05, 0.1) is 16.8 Å². The largest absolute Gasteiger partial charge is 0.293 e. The van der Waals surface area contributed by atoms with Crippen molar-refractivity contribution in [2.45, 2.75) is 37.8 Å². The summed E-state index contributed by atoms with van der Waals surface area (Å²) in [5, 5.41) is 1.34. The molecule has 0 radical (unpaired) electrons. The van der Waals surface area contributed by atoms with Crippen molar-refractivity contribution in [3.8, 4) is 5.69 Å². The van der Waals surface area contributed by atoms with Gasteiger partial charge in [-0.1, -0.05) is 54.2 Å². The Labute approximate surface area is 189 Å². The summed E-state index contributed by atoms with van der Waals surface area (Å²) < 4.78 is 1.69. The van der Waals surface area contributed by atoms with Gasteiger partial charge in [0, 0.05) is 10.4 Å². The number of carbonyl (C=O) groups is 1. The highest BCUT2D eigenvalue weighted by Crippen LogP contribution is 2.35. The first-order valence-electron chi connectivity index (χ1n) is 10.5. The van der Waals surface area contributed by atoms with Crippen molar-refractivity contribution in [1.82, 2.24) is 9.55 Å². The van der Waals surface area contributed by atoms with Gasteiger partial charge in [-0.2, -0.15) is 0 Å². The van der Waals surface area contributed by atoms with Gasteiger partial charge in [0.1, 0.15) is 4.83 Å². The van der Waals surface area contributed by atoms with Crippen LogP contribution in [0.3, 0.4) is 0 Å². The first-order chi connectivity index (χ1) is 15.1. The maximum Gasteiger partial charge on any atom is 0.267 e. The molecule has 1 aliphatic rings. The molecule has 0 fully saturated rings. The zero-order valence-corrected chi connectivity index (χ0v) is 18.9. The Morgan fingerprint density at radius 1 is 1.10 bits per heavy atom. The highest BCUT2D eigenvalue weighted by atomic mass is 32.2. The lowest BCUT2D eigenvalue weighted by molar-refractivity contribution is 0.102. The molecule has 6 heteroatoms. The van der Waals surface area contributed by atoms with E-state index in [0.29, 0.717) is 10.7 Å². The molecule has 4 aromatic rings. The van der Waals surface area contributed by atoms with Crippen molar-refractivity contribution in [1.29, 1.82) is 0 Å². The normalized spacial score (nSPS) is 13.3. The summed E-state index contributed by atoms with van der Waals surface area (Å²) in [6, 6.07) is 17.2. The zero-order chi connectivity index (χ0) is 21.4. The van der Waals surface area contributed by atoms with E-state index < -0.39 is 0 Å². The fourth-order valence-electron chi connectivity index (χ4n) is 4.12. The second-order valence-corrected chi connectivity index (χ2v) is 9.87. The molecule has 0 saturated heterocycles. The van der Waals surface area contributed by atoms with E-state index in [0.717, 1.165) is 40.7 Å². The lowest BCUT2D eigenvalue weighted by atomic mass is 9.97. The van der Waals surface area contributed by atoms with Crippen LogP contribution in [0.25, 0.3) is 15.9 Å². The summed E-state index contributed by atoms with van der Waals surface area (Å²) in [6.45, 7) is 2.01. The highest BCUT2D eigenvalue weighted by molar-refractivity contribution is 7.99. The molecule has 1 aliphatic carbocycles. The van der Waals surface area contributed by atoms with Crippen LogP contribution >= 0.6 is 23.1 Å². The Morgan fingerprint density at radius 3 is 2.71 bits per heavy atom. The summed E-state index contributed by atoms with van der Waals surface area (Å²) in [5.74, 6) is 0.264. The standard InChI is InChI=1S/C25H22N2O2S2/c1-16-8-7-11-18(14-16)27-24(29)22-19-12-5-6-13-21(19)31-23(22)26-25(27)30-15-20(28)17-9-3-2-4-10-17/h2-4,7-11,14H,5-6,12-13,15H2,1H3. The lowest BCUT2D eigenvalue weighted by Crippen LogP contribution is -2.22. The minimum absolute atomic E-state index is 0.0235. The third kappa shape index (κ3) is 3.86. The summed E-state index contributed by atoms with van der Waals surface area (Å²) in [4.78, 5) is 33.4. The Kier molecular flexibility index (Phi) is 5.50. The van der Waals surface area contributed by atoms with E-state index in [1.54, 1.807) is 15.9 Å². The summed E-state index contributed by atoms with van der Waals surface area (Å²) in [6.07, 6.45) is 4.25. The van der Waals surface area contributed by atoms with Gasteiger partial charge in [-0.05, 0) is 55.9 Å². The molecule has 0 N–H and O–H groups in total. The average Bonchev–Trinajstić information content (AvgIpc) is 3.16. The number of nitrogens with zero attached hydrogens (tertiary/aromatic N) is 2. The van der Waals surface area contributed by atoms with Gasteiger partial charge in [0.2, 0.25) is 0 Å².